The maximum Gasteiger partial charge on any atom is 0.257 e. The van der Waals surface area contributed by atoms with Crippen molar-refractivity contribution in [3.63, 3.8) is 0 Å². The Hall–Kier alpha value is -3.01. The molecule has 0 aliphatic carbocycles. The second-order valence-electron chi connectivity index (χ2n) is 4.47. The van der Waals surface area contributed by atoms with E-state index in [9.17, 15) is 4.79 Å². The van der Waals surface area contributed by atoms with E-state index in [1.807, 2.05) is 48.5 Å². The Balaban J connectivity index is 1.77. The number of nitrogens with zero attached hydrogens (tertiary/aromatic N) is 2. The summed E-state index contributed by atoms with van der Waals surface area (Å²) in [6.07, 6.45) is 3.27. The zero-order chi connectivity index (χ0) is 14.5. The Morgan fingerprint density at radius 2 is 1.57 bits per heavy atom. The highest BCUT2D eigenvalue weighted by molar-refractivity contribution is 6.04. The van der Waals surface area contributed by atoms with Crippen LogP contribution < -0.4 is 5.32 Å². The second kappa shape index (κ2) is 5.96. The molecular formula is C17H13N3O. The zero-order valence-corrected chi connectivity index (χ0v) is 11.2. The average molecular weight is 275 g/mol. The lowest BCUT2D eigenvalue weighted by Crippen LogP contribution is -2.12. The number of hydrogen-bond donors (Lipinski definition) is 1. The Bertz CT molecular complexity index is 725. The molecule has 3 rings (SSSR count). The average Bonchev–Trinajstić information content (AvgIpc) is 2.57. The number of rotatable bonds is 3. The molecule has 1 amide bonds. The summed E-state index contributed by atoms with van der Waals surface area (Å²) in [5.74, 6) is -0.179. The molecule has 21 heavy (non-hydrogen) atoms. The van der Waals surface area contributed by atoms with Crippen molar-refractivity contribution in [2.75, 3.05) is 5.32 Å². The lowest BCUT2D eigenvalue weighted by molar-refractivity contribution is 0.102. The Kier molecular flexibility index (Phi) is 3.69. The molecule has 0 unspecified atom stereocenters. The largest absolute Gasteiger partial charge is 0.322 e. The molecule has 0 fully saturated rings. The number of para-hydroxylation sites is 1. The highest BCUT2D eigenvalue weighted by Gasteiger charge is 2.07. The van der Waals surface area contributed by atoms with E-state index in [2.05, 4.69) is 15.3 Å². The van der Waals surface area contributed by atoms with Gasteiger partial charge in [0.15, 0.2) is 0 Å². The minimum Gasteiger partial charge on any atom is -0.322 e. The van der Waals surface area contributed by atoms with E-state index in [1.165, 1.54) is 0 Å². The molecule has 0 aliphatic rings. The molecule has 3 aromatic rings. The first-order valence-electron chi connectivity index (χ1n) is 6.57. The van der Waals surface area contributed by atoms with Crippen molar-refractivity contribution in [3.8, 4) is 11.4 Å². The van der Waals surface area contributed by atoms with Crippen molar-refractivity contribution in [2.24, 2.45) is 0 Å². The molecule has 0 aliphatic heterocycles. The molecular weight excluding hydrogens is 262 g/mol. The molecule has 2 heterocycles. The van der Waals surface area contributed by atoms with E-state index in [-0.39, 0.29) is 5.91 Å². The predicted octanol–water partition coefficient (Wildman–Crippen LogP) is 3.40. The van der Waals surface area contributed by atoms with Crippen molar-refractivity contribution in [1.29, 1.82) is 0 Å². The highest BCUT2D eigenvalue weighted by atomic mass is 16.1. The van der Waals surface area contributed by atoms with E-state index in [0.29, 0.717) is 5.56 Å². The van der Waals surface area contributed by atoms with Crippen molar-refractivity contribution in [3.05, 3.63) is 78.6 Å². The van der Waals surface area contributed by atoms with Crippen LogP contribution in [0.5, 0.6) is 0 Å². The summed E-state index contributed by atoms with van der Waals surface area (Å²) < 4.78 is 0. The number of anilines is 1. The Labute approximate surface area is 122 Å². The fraction of sp³-hybridized carbons (Fsp3) is 0. The van der Waals surface area contributed by atoms with E-state index < -0.39 is 0 Å². The summed E-state index contributed by atoms with van der Waals surface area (Å²) in [4.78, 5) is 20.6. The van der Waals surface area contributed by atoms with E-state index in [4.69, 9.17) is 0 Å². The third kappa shape index (κ3) is 3.12. The summed E-state index contributed by atoms with van der Waals surface area (Å²) >= 11 is 0. The molecule has 1 N–H and O–H groups in total. The predicted molar refractivity (Wildman–Crippen MR) is 81.9 cm³/mol. The smallest absolute Gasteiger partial charge is 0.257 e. The molecule has 0 saturated heterocycles. The van der Waals surface area contributed by atoms with Gasteiger partial charge in [-0.1, -0.05) is 24.3 Å². The van der Waals surface area contributed by atoms with Crippen molar-refractivity contribution < 1.29 is 4.79 Å². The van der Waals surface area contributed by atoms with E-state index in [1.54, 1.807) is 24.5 Å². The van der Waals surface area contributed by atoms with Crippen LogP contribution >= 0.6 is 0 Å². The van der Waals surface area contributed by atoms with Gasteiger partial charge in [0.25, 0.3) is 5.91 Å². The molecule has 4 heteroatoms. The van der Waals surface area contributed by atoms with Crippen molar-refractivity contribution in [1.82, 2.24) is 9.97 Å². The first-order chi connectivity index (χ1) is 10.3. The summed E-state index contributed by atoms with van der Waals surface area (Å²) in [6, 6.07) is 18.5. The highest BCUT2D eigenvalue weighted by Crippen LogP contribution is 2.14. The fourth-order valence-corrected chi connectivity index (χ4v) is 1.92. The molecule has 1 aromatic carbocycles. The summed E-state index contributed by atoms with van der Waals surface area (Å²) in [6.45, 7) is 0. The van der Waals surface area contributed by atoms with Crippen LogP contribution in [0.1, 0.15) is 10.4 Å². The van der Waals surface area contributed by atoms with Crippen LogP contribution in [0.2, 0.25) is 0 Å². The van der Waals surface area contributed by atoms with Gasteiger partial charge < -0.3 is 5.32 Å². The Morgan fingerprint density at radius 3 is 2.24 bits per heavy atom. The van der Waals surface area contributed by atoms with Gasteiger partial charge in [0.2, 0.25) is 0 Å². The van der Waals surface area contributed by atoms with Crippen LogP contribution in [0.4, 0.5) is 5.69 Å². The van der Waals surface area contributed by atoms with Gasteiger partial charge in [-0.3, -0.25) is 14.8 Å². The summed E-state index contributed by atoms with van der Waals surface area (Å²) in [7, 11) is 0. The minimum atomic E-state index is -0.179. The first-order valence-corrected chi connectivity index (χ1v) is 6.57. The van der Waals surface area contributed by atoms with Crippen LogP contribution in [-0.2, 0) is 0 Å². The topological polar surface area (TPSA) is 54.9 Å². The molecule has 0 bridgehead atoms. The normalized spacial score (nSPS) is 10.1. The third-order valence-corrected chi connectivity index (χ3v) is 2.98. The molecule has 0 saturated carbocycles. The number of carbonyl (C=O) groups excluding carboxylic acids is 1. The van der Waals surface area contributed by atoms with Gasteiger partial charge in [-0.05, 0) is 36.4 Å². The molecule has 0 spiro atoms. The summed E-state index contributed by atoms with van der Waals surface area (Å²) in [5, 5.41) is 2.82. The first kappa shape index (κ1) is 13.0. The van der Waals surface area contributed by atoms with E-state index >= 15 is 0 Å². The van der Waals surface area contributed by atoms with Gasteiger partial charge >= 0.3 is 0 Å². The van der Waals surface area contributed by atoms with E-state index in [0.717, 1.165) is 17.1 Å². The number of amides is 1. The van der Waals surface area contributed by atoms with Crippen LogP contribution in [0, 0.1) is 0 Å². The number of nitrogens with one attached hydrogen (secondary N) is 1. The van der Waals surface area contributed by atoms with Crippen molar-refractivity contribution >= 4 is 11.6 Å². The van der Waals surface area contributed by atoms with Gasteiger partial charge in [-0.2, -0.15) is 0 Å². The van der Waals surface area contributed by atoms with Gasteiger partial charge in [0.1, 0.15) is 0 Å². The minimum absolute atomic E-state index is 0.179. The number of benzene rings is 1. The third-order valence-electron chi connectivity index (χ3n) is 2.98. The Morgan fingerprint density at radius 1 is 0.810 bits per heavy atom. The maximum atomic E-state index is 12.1. The summed E-state index contributed by atoms with van der Waals surface area (Å²) in [5.41, 5.74) is 2.80. The second-order valence-corrected chi connectivity index (χ2v) is 4.47. The molecule has 2 aromatic heterocycles. The molecule has 0 atom stereocenters. The van der Waals surface area contributed by atoms with Crippen LogP contribution in [0.15, 0.2) is 73.1 Å². The SMILES string of the molecule is O=C(Nc1ccccc1)c1ccc(-c2ccccn2)nc1. The lowest BCUT2D eigenvalue weighted by Gasteiger charge is -2.05. The fourth-order valence-electron chi connectivity index (χ4n) is 1.92. The number of carbonyl (C=O) groups is 1. The van der Waals surface area contributed by atoms with Crippen LogP contribution in [0.25, 0.3) is 11.4 Å². The molecule has 4 nitrogen and oxygen atoms in total. The van der Waals surface area contributed by atoms with Gasteiger partial charge in [-0.15, -0.1) is 0 Å². The van der Waals surface area contributed by atoms with Crippen LogP contribution in [-0.4, -0.2) is 15.9 Å². The quantitative estimate of drug-likeness (QED) is 0.797. The number of hydrogen-bond acceptors (Lipinski definition) is 3. The number of aromatic nitrogens is 2. The van der Waals surface area contributed by atoms with Gasteiger partial charge in [0.05, 0.1) is 17.0 Å². The van der Waals surface area contributed by atoms with Crippen molar-refractivity contribution in [2.45, 2.75) is 0 Å². The maximum absolute atomic E-state index is 12.1. The molecule has 0 radical (unpaired) electrons. The zero-order valence-electron chi connectivity index (χ0n) is 11.2. The van der Waals surface area contributed by atoms with Gasteiger partial charge in [-0.25, -0.2) is 0 Å². The monoisotopic (exact) mass is 275 g/mol. The molecule has 102 valence electrons. The van der Waals surface area contributed by atoms with Gasteiger partial charge in [0, 0.05) is 18.1 Å². The number of pyridine rings is 2. The lowest BCUT2D eigenvalue weighted by atomic mass is 10.2. The van der Waals surface area contributed by atoms with Crippen LogP contribution in [0.3, 0.4) is 0 Å². The standard InChI is InChI=1S/C17H13N3O/c21-17(20-14-6-2-1-3-7-14)13-9-10-16(19-12-13)15-8-4-5-11-18-15/h1-12H,(H,20,21).